The Morgan fingerprint density at radius 2 is 1.07 bits per heavy atom. The summed E-state index contributed by atoms with van der Waals surface area (Å²) in [5.74, 6) is 0. The predicted octanol–water partition coefficient (Wildman–Crippen LogP) is 11.1. The van der Waals surface area contributed by atoms with Gasteiger partial charge in [0.25, 0.3) is 0 Å². The molecule has 0 aromatic heterocycles. The van der Waals surface area contributed by atoms with Crippen molar-refractivity contribution in [3.8, 4) is 0 Å². The van der Waals surface area contributed by atoms with E-state index in [9.17, 15) is 0 Å². The number of hydrogen-bond acceptors (Lipinski definition) is 1. The van der Waals surface area contributed by atoms with Crippen molar-refractivity contribution in [2.75, 3.05) is 0 Å². The molecule has 0 heterocycles. The van der Waals surface area contributed by atoms with E-state index in [1.165, 1.54) is 58.9 Å². The minimum absolute atomic E-state index is 0.0141. The Labute approximate surface area is 264 Å². The van der Waals surface area contributed by atoms with Crippen LogP contribution in [0.1, 0.15) is 98.2 Å². The average molecular weight is 690 g/mol. The van der Waals surface area contributed by atoms with Gasteiger partial charge in [-0.05, 0) is 0 Å². The van der Waals surface area contributed by atoms with E-state index in [1.807, 2.05) is 0 Å². The summed E-state index contributed by atoms with van der Waals surface area (Å²) in [5.41, 5.74) is 1.29. The van der Waals surface area contributed by atoms with Crippen LogP contribution in [0.2, 0.25) is 22.8 Å². The summed E-state index contributed by atoms with van der Waals surface area (Å²) in [7, 11) is -2.67. The number of rotatable bonds is 18. The van der Waals surface area contributed by atoms with Crippen molar-refractivity contribution in [1.29, 1.82) is 0 Å². The van der Waals surface area contributed by atoms with Gasteiger partial charge < -0.3 is 0 Å². The zero-order chi connectivity index (χ0) is 30.3. The molecule has 0 N–H and O–H groups in total. The van der Waals surface area contributed by atoms with Gasteiger partial charge in [-0.1, -0.05) is 0 Å². The zero-order valence-electron chi connectivity index (χ0n) is 27.6. The van der Waals surface area contributed by atoms with Crippen molar-refractivity contribution < 1.29 is 4.43 Å². The normalized spacial score (nSPS) is 13.5. The van der Waals surface area contributed by atoms with Gasteiger partial charge in [-0.2, -0.15) is 0 Å². The Morgan fingerprint density at radius 3 is 1.48 bits per heavy atom. The number of unbranched alkanes of at least 4 members (excludes halogenated alkanes) is 3. The van der Waals surface area contributed by atoms with Crippen LogP contribution >= 0.6 is 0 Å². The number of hydrogen-bond donors (Lipinski definition) is 0. The van der Waals surface area contributed by atoms with Gasteiger partial charge in [0.05, 0.1) is 0 Å². The molecule has 228 valence electrons. The molecule has 3 aromatic rings. The number of benzene rings is 3. The molecule has 42 heavy (non-hydrogen) atoms. The third-order valence-corrected chi connectivity index (χ3v) is 29.5. The molecule has 0 saturated heterocycles. The van der Waals surface area contributed by atoms with Gasteiger partial charge >= 0.3 is 266 Å². The van der Waals surface area contributed by atoms with Crippen LogP contribution in [0.3, 0.4) is 0 Å². The predicted molar refractivity (Wildman–Crippen MR) is 191 cm³/mol. The van der Waals surface area contributed by atoms with Crippen LogP contribution in [0.4, 0.5) is 0 Å². The molecule has 0 bridgehead atoms. The van der Waals surface area contributed by atoms with Crippen molar-refractivity contribution in [2.24, 2.45) is 0 Å². The van der Waals surface area contributed by atoms with E-state index in [2.05, 4.69) is 145 Å². The molecular formula is C39H58OSiSn. The molecule has 0 aliphatic rings. The fourth-order valence-electron chi connectivity index (χ4n) is 6.71. The molecule has 1 unspecified atom stereocenters. The van der Waals surface area contributed by atoms with Crippen molar-refractivity contribution in [3.05, 3.63) is 109 Å². The summed E-state index contributed by atoms with van der Waals surface area (Å²) in [6.45, 7) is 14.3. The topological polar surface area (TPSA) is 9.23 Å². The van der Waals surface area contributed by atoms with E-state index in [0.29, 0.717) is 0 Å². The quantitative estimate of drug-likeness (QED) is 0.0954. The van der Waals surface area contributed by atoms with Crippen LogP contribution in [0.15, 0.2) is 103 Å². The Hall–Kier alpha value is -1.62. The first-order valence-corrected chi connectivity index (χ1v) is 26.8. The summed E-state index contributed by atoms with van der Waals surface area (Å²) in [6, 6.07) is 33.2. The molecule has 3 rings (SSSR count). The van der Waals surface area contributed by atoms with Gasteiger partial charge in [0.2, 0.25) is 0 Å². The second-order valence-corrected chi connectivity index (χ2v) is 31.7. The average Bonchev–Trinajstić information content (AvgIpc) is 3.02. The maximum absolute atomic E-state index is 7.69. The molecule has 0 aliphatic heterocycles. The van der Waals surface area contributed by atoms with Crippen molar-refractivity contribution in [3.63, 3.8) is 0 Å². The van der Waals surface area contributed by atoms with E-state index >= 15 is 0 Å². The molecule has 0 saturated carbocycles. The molecule has 1 atom stereocenters. The monoisotopic (exact) mass is 690 g/mol. The van der Waals surface area contributed by atoms with Gasteiger partial charge in [0.1, 0.15) is 0 Å². The summed E-state index contributed by atoms with van der Waals surface area (Å²) in [4.78, 5) is 0. The Balaban J connectivity index is 2.00. The van der Waals surface area contributed by atoms with Crippen LogP contribution in [0.5, 0.6) is 0 Å². The van der Waals surface area contributed by atoms with Gasteiger partial charge in [0.15, 0.2) is 0 Å². The first-order valence-electron chi connectivity index (χ1n) is 16.8. The van der Waals surface area contributed by atoms with Gasteiger partial charge in [-0.3, -0.25) is 0 Å². The standard InChI is InChI=1S/C27H31OSi.3C4H9.Sn/c1-5-6-22-26(23-16-10-7-11-17-23)28-29(27(2,3)4,24-18-12-8-13-19-24)25-20-14-9-15-21-25;3*1-3-4-2;/h5-21,26H,1,22H2,2-4H3;3*1,3-4H2,2H3;/b6-5-;;;;. The third-order valence-electron chi connectivity index (χ3n) is 9.16. The van der Waals surface area contributed by atoms with Crippen molar-refractivity contribution in [1.82, 2.24) is 0 Å². The third kappa shape index (κ3) is 9.44. The Kier molecular flexibility index (Phi) is 14.6. The number of allylic oxidation sites excluding steroid dienone is 1. The Morgan fingerprint density at radius 1 is 0.643 bits per heavy atom. The van der Waals surface area contributed by atoms with Gasteiger partial charge in [0, 0.05) is 0 Å². The van der Waals surface area contributed by atoms with Gasteiger partial charge in [-0.25, -0.2) is 0 Å². The SMILES string of the molecule is CCC[CH2][Sn]([CH2]/C=C\CC(O[Si](c1ccccc1)(c1ccccc1)C(C)(C)C)c1ccccc1)([CH2]CCC)[CH2]CCC. The van der Waals surface area contributed by atoms with Crippen LogP contribution in [-0.4, -0.2) is 26.7 Å². The summed E-state index contributed by atoms with van der Waals surface area (Å²) in [6.07, 6.45) is 14.4. The molecule has 1 nitrogen and oxygen atoms in total. The van der Waals surface area contributed by atoms with E-state index in [1.54, 1.807) is 13.3 Å². The fraction of sp³-hybridized carbons (Fsp3) is 0.487. The summed E-state index contributed by atoms with van der Waals surface area (Å²) >= 11 is -2.21. The first-order chi connectivity index (χ1) is 20.3. The van der Waals surface area contributed by atoms with Crippen LogP contribution in [0.25, 0.3) is 0 Å². The second-order valence-electron chi connectivity index (χ2n) is 13.4. The van der Waals surface area contributed by atoms with Gasteiger partial charge in [-0.15, -0.1) is 0 Å². The molecule has 0 amide bonds. The van der Waals surface area contributed by atoms with E-state index in [0.717, 1.165) is 6.42 Å². The van der Waals surface area contributed by atoms with E-state index < -0.39 is 26.7 Å². The molecule has 0 radical (unpaired) electrons. The molecule has 0 spiro atoms. The van der Waals surface area contributed by atoms with Crippen molar-refractivity contribution in [2.45, 2.75) is 115 Å². The van der Waals surface area contributed by atoms with Crippen LogP contribution in [-0.2, 0) is 4.43 Å². The molecule has 3 aromatic carbocycles. The van der Waals surface area contributed by atoms with E-state index in [-0.39, 0.29) is 11.1 Å². The molecule has 0 fully saturated rings. The van der Waals surface area contributed by atoms with Crippen molar-refractivity contribution >= 4 is 37.1 Å². The minimum atomic E-state index is -2.67. The summed E-state index contributed by atoms with van der Waals surface area (Å²) < 4.78 is 13.8. The van der Waals surface area contributed by atoms with E-state index in [4.69, 9.17) is 4.43 Å². The molecule has 3 heteroatoms. The molecule has 0 aliphatic carbocycles. The fourth-order valence-corrected chi connectivity index (χ4v) is 26.6. The van der Waals surface area contributed by atoms with Crippen LogP contribution < -0.4 is 10.4 Å². The van der Waals surface area contributed by atoms with Crippen LogP contribution in [0, 0.1) is 0 Å². The second kappa shape index (κ2) is 17.6. The zero-order valence-corrected chi connectivity index (χ0v) is 31.4. The maximum atomic E-state index is 7.69. The summed E-state index contributed by atoms with van der Waals surface area (Å²) in [5, 5.41) is 2.66. The first kappa shape index (κ1) is 34.9. The Bertz CT molecular complexity index is 1090. The molecular weight excluding hydrogens is 631 g/mol.